The maximum Gasteiger partial charge on any atom is 0.315 e. The van der Waals surface area contributed by atoms with Crippen molar-refractivity contribution in [2.75, 3.05) is 11.5 Å². The first kappa shape index (κ1) is 16.3. The van der Waals surface area contributed by atoms with Crippen LogP contribution in [-0.4, -0.2) is 32.0 Å². The molecule has 2 N–H and O–H groups in total. The third kappa shape index (κ3) is 5.00. The van der Waals surface area contributed by atoms with Crippen LogP contribution in [0.15, 0.2) is 17.5 Å². The first-order valence-corrected chi connectivity index (χ1v) is 9.86. The van der Waals surface area contributed by atoms with Gasteiger partial charge in [0.25, 0.3) is 0 Å². The van der Waals surface area contributed by atoms with Crippen LogP contribution in [0.25, 0.3) is 0 Å². The molecule has 1 saturated heterocycles. The topological polar surface area (TPSA) is 75.3 Å². The summed E-state index contributed by atoms with van der Waals surface area (Å²) >= 11 is 1.62. The molecule has 7 heteroatoms. The van der Waals surface area contributed by atoms with Gasteiger partial charge in [-0.25, -0.2) is 13.2 Å². The molecule has 0 unspecified atom stereocenters. The highest BCUT2D eigenvalue weighted by Gasteiger charge is 2.29. The van der Waals surface area contributed by atoms with Crippen LogP contribution in [0, 0.1) is 5.92 Å². The monoisotopic (exact) mass is 330 g/mol. The number of rotatable bonds is 5. The standard InChI is InChI=1S/C14H22N2O3S2/c1-10(2)8-12(13-4-3-6-20-13)16-14(17)15-11-5-7-21(18,19)9-11/h3-4,6,10-12H,5,7-9H2,1-2H3,(H2,15,16,17)/t11-,12-/m0/s1. The number of thiophene rings is 1. The Hall–Kier alpha value is -1.08. The molecule has 118 valence electrons. The fourth-order valence-electron chi connectivity index (χ4n) is 2.50. The molecule has 0 bridgehead atoms. The molecule has 5 nitrogen and oxygen atoms in total. The average Bonchev–Trinajstić information content (AvgIpc) is 2.97. The van der Waals surface area contributed by atoms with Crippen LogP contribution in [0.1, 0.15) is 37.6 Å². The molecule has 2 amide bonds. The maximum absolute atomic E-state index is 12.1. The molecule has 2 atom stereocenters. The van der Waals surface area contributed by atoms with Crippen molar-refractivity contribution >= 4 is 27.2 Å². The van der Waals surface area contributed by atoms with Gasteiger partial charge in [-0.3, -0.25) is 0 Å². The van der Waals surface area contributed by atoms with E-state index in [2.05, 4.69) is 24.5 Å². The van der Waals surface area contributed by atoms with E-state index in [0.717, 1.165) is 11.3 Å². The van der Waals surface area contributed by atoms with Crippen molar-refractivity contribution in [3.63, 3.8) is 0 Å². The van der Waals surface area contributed by atoms with Crippen molar-refractivity contribution in [1.82, 2.24) is 10.6 Å². The van der Waals surface area contributed by atoms with Crippen molar-refractivity contribution in [2.24, 2.45) is 5.92 Å². The Morgan fingerprint density at radius 3 is 2.76 bits per heavy atom. The van der Waals surface area contributed by atoms with Gasteiger partial charge in [-0.05, 0) is 30.2 Å². The van der Waals surface area contributed by atoms with Crippen LogP contribution in [-0.2, 0) is 9.84 Å². The van der Waals surface area contributed by atoms with E-state index in [4.69, 9.17) is 0 Å². The predicted molar refractivity (Wildman–Crippen MR) is 85.2 cm³/mol. The number of hydrogen-bond acceptors (Lipinski definition) is 4. The van der Waals surface area contributed by atoms with Gasteiger partial charge in [-0.1, -0.05) is 19.9 Å². The fourth-order valence-corrected chi connectivity index (χ4v) is 4.97. The van der Waals surface area contributed by atoms with E-state index in [1.165, 1.54) is 0 Å². The largest absolute Gasteiger partial charge is 0.334 e. The quantitative estimate of drug-likeness (QED) is 0.870. The minimum atomic E-state index is -2.97. The van der Waals surface area contributed by atoms with Crippen LogP contribution in [0.2, 0.25) is 0 Å². The van der Waals surface area contributed by atoms with Crippen molar-refractivity contribution in [3.8, 4) is 0 Å². The SMILES string of the molecule is CC(C)C[C@H](NC(=O)N[C@H]1CCS(=O)(=O)C1)c1cccs1. The second-order valence-corrected chi connectivity index (χ2v) is 9.12. The predicted octanol–water partition coefficient (Wildman–Crippen LogP) is 2.32. The van der Waals surface area contributed by atoms with E-state index in [9.17, 15) is 13.2 Å². The summed E-state index contributed by atoms with van der Waals surface area (Å²) in [5.74, 6) is 0.677. The minimum absolute atomic E-state index is 0.0250. The molecule has 0 spiro atoms. The molecule has 1 aliphatic rings. The molecule has 1 aromatic rings. The number of carbonyl (C=O) groups excluding carboxylic acids is 1. The highest BCUT2D eigenvalue weighted by atomic mass is 32.2. The van der Waals surface area contributed by atoms with Crippen molar-refractivity contribution < 1.29 is 13.2 Å². The molecule has 2 heterocycles. The van der Waals surface area contributed by atoms with Gasteiger partial charge in [-0.2, -0.15) is 0 Å². The van der Waals surface area contributed by atoms with E-state index in [0.29, 0.717) is 12.3 Å². The third-order valence-corrected chi connectivity index (χ3v) is 6.22. The third-order valence-electron chi connectivity index (χ3n) is 3.47. The number of amides is 2. The van der Waals surface area contributed by atoms with Crippen LogP contribution < -0.4 is 10.6 Å². The number of hydrogen-bond donors (Lipinski definition) is 2. The van der Waals surface area contributed by atoms with Gasteiger partial charge in [0, 0.05) is 10.9 Å². The van der Waals surface area contributed by atoms with E-state index >= 15 is 0 Å². The van der Waals surface area contributed by atoms with Crippen molar-refractivity contribution in [3.05, 3.63) is 22.4 Å². The molecule has 1 fully saturated rings. The number of urea groups is 1. The Labute approximate surface area is 130 Å². The lowest BCUT2D eigenvalue weighted by Crippen LogP contribution is -2.44. The van der Waals surface area contributed by atoms with Crippen molar-refractivity contribution in [2.45, 2.75) is 38.8 Å². The van der Waals surface area contributed by atoms with Crippen LogP contribution >= 0.6 is 11.3 Å². The summed E-state index contributed by atoms with van der Waals surface area (Å²) in [6.07, 6.45) is 1.36. The van der Waals surface area contributed by atoms with Gasteiger partial charge in [0.2, 0.25) is 0 Å². The van der Waals surface area contributed by atoms with E-state index in [1.54, 1.807) is 11.3 Å². The molecule has 2 rings (SSSR count). The summed E-state index contributed by atoms with van der Waals surface area (Å²) in [5, 5.41) is 7.74. The average molecular weight is 330 g/mol. The molecule has 1 aromatic heterocycles. The van der Waals surface area contributed by atoms with E-state index in [1.807, 2.05) is 17.5 Å². The molecular weight excluding hydrogens is 308 g/mol. The molecule has 1 aliphatic heterocycles. The highest BCUT2D eigenvalue weighted by molar-refractivity contribution is 7.91. The lowest BCUT2D eigenvalue weighted by Gasteiger charge is -2.21. The van der Waals surface area contributed by atoms with Crippen LogP contribution in [0.3, 0.4) is 0 Å². The Morgan fingerprint density at radius 2 is 2.24 bits per heavy atom. The summed E-state index contributed by atoms with van der Waals surface area (Å²) in [7, 11) is -2.97. The van der Waals surface area contributed by atoms with E-state index < -0.39 is 9.84 Å². The second-order valence-electron chi connectivity index (χ2n) is 5.92. The summed E-state index contributed by atoms with van der Waals surface area (Å²) in [4.78, 5) is 13.2. The second kappa shape index (κ2) is 6.79. The van der Waals surface area contributed by atoms with Crippen LogP contribution in [0.4, 0.5) is 4.79 Å². The normalized spacial score (nSPS) is 22.1. The van der Waals surface area contributed by atoms with Gasteiger partial charge < -0.3 is 10.6 Å². The van der Waals surface area contributed by atoms with Gasteiger partial charge >= 0.3 is 6.03 Å². The molecule has 0 radical (unpaired) electrons. The van der Waals surface area contributed by atoms with Gasteiger partial charge in [0.1, 0.15) is 0 Å². The molecule has 21 heavy (non-hydrogen) atoms. The Kier molecular flexibility index (Phi) is 5.27. The molecule has 0 saturated carbocycles. The van der Waals surface area contributed by atoms with E-state index in [-0.39, 0.29) is 29.6 Å². The number of sulfone groups is 1. The minimum Gasteiger partial charge on any atom is -0.334 e. The highest BCUT2D eigenvalue weighted by Crippen LogP contribution is 2.25. The maximum atomic E-state index is 12.1. The summed E-state index contributed by atoms with van der Waals surface area (Å²) in [6, 6.07) is 3.41. The molecule has 0 aromatic carbocycles. The Bertz CT molecular complexity index is 567. The summed E-state index contributed by atoms with van der Waals surface area (Å²) < 4.78 is 22.8. The lowest BCUT2D eigenvalue weighted by atomic mass is 10.0. The van der Waals surface area contributed by atoms with Crippen LogP contribution in [0.5, 0.6) is 0 Å². The van der Waals surface area contributed by atoms with Crippen molar-refractivity contribution in [1.29, 1.82) is 0 Å². The Balaban J connectivity index is 1.92. The molecular formula is C14H22N2O3S2. The van der Waals surface area contributed by atoms with Gasteiger partial charge in [0.15, 0.2) is 9.84 Å². The zero-order chi connectivity index (χ0) is 15.5. The number of carbonyl (C=O) groups is 1. The number of nitrogens with one attached hydrogen (secondary N) is 2. The molecule has 0 aliphatic carbocycles. The zero-order valence-corrected chi connectivity index (χ0v) is 14.0. The van der Waals surface area contributed by atoms with Gasteiger partial charge in [-0.15, -0.1) is 11.3 Å². The Morgan fingerprint density at radius 1 is 1.48 bits per heavy atom. The summed E-state index contributed by atoms with van der Waals surface area (Å²) in [5.41, 5.74) is 0. The fraction of sp³-hybridized carbons (Fsp3) is 0.643. The smallest absolute Gasteiger partial charge is 0.315 e. The first-order valence-electron chi connectivity index (χ1n) is 7.16. The summed E-state index contributed by atoms with van der Waals surface area (Å²) in [6.45, 7) is 4.23. The van der Waals surface area contributed by atoms with Gasteiger partial charge in [0.05, 0.1) is 17.5 Å². The first-order chi connectivity index (χ1) is 9.85. The lowest BCUT2D eigenvalue weighted by molar-refractivity contribution is 0.232. The zero-order valence-electron chi connectivity index (χ0n) is 12.3.